The first-order valence-electron chi connectivity index (χ1n) is 6.23. The van der Waals surface area contributed by atoms with Gasteiger partial charge in [0.1, 0.15) is 0 Å². The highest BCUT2D eigenvalue weighted by Gasteiger charge is 2.22. The first-order valence-corrected chi connectivity index (χ1v) is 6.23. The van der Waals surface area contributed by atoms with Crippen LogP contribution < -0.4 is 5.32 Å². The Hall–Kier alpha value is -0.0800. The first kappa shape index (κ1) is 12.0. The van der Waals surface area contributed by atoms with E-state index in [-0.39, 0.29) is 0 Å². The second-order valence-corrected chi connectivity index (χ2v) is 4.25. The maximum Gasteiger partial charge on any atom is 0.0728 e. The monoisotopic (exact) mass is 199 g/mol. The van der Waals surface area contributed by atoms with Gasteiger partial charge in [0, 0.05) is 12.6 Å². The third-order valence-electron chi connectivity index (χ3n) is 2.92. The van der Waals surface area contributed by atoms with Gasteiger partial charge in [-0.2, -0.15) is 0 Å². The molecule has 14 heavy (non-hydrogen) atoms. The zero-order valence-electron chi connectivity index (χ0n) is 9.72. The SMILES string of the molecule is CCCNC(CCC)C1CCCCO1. The van der Waals surface area contributed by atoms with Gasteiger partial charge >= 0.3 is 0 Å². The van der Waals surface area contributed by atoms with Crippen LogP contribution in [0.2, 0.25) is 0 Å². The standard InChI is InChI=1S/C12H25NO/c1-3-7-11(13-9-4-2)12-8-5-6-10-14-12/h11-13H,3-10H2,1-2H3. The van der Waals surface area contributed by atoms with Crippen molar-refractivity contribution in [3.8, 4) is 0 Å². The lowest BCUT2D eigenvalue weighted by Gasteiger charge is -2.31. The van der Waals surface area contributed by atoms with Gasteiger partial charge in [0.05, 0.1) is 6.10 Å². The Balaban J connectivity index is 2.30. The van der Waals surface area contributed by atoms with Crippen LogP contribution in [-0.2, 0) is 4.74 Å². The minimum absolute atomic E-state index is 0.482. The topological polar surface area (TPSA) is 21.3 Å². The molecule has 0 bridgehead atoms. The molecule has 2 heteroatoms. The molecule has 1 aliphatic heterocycles. The van der Waals surface area contributed by atoms with Crippen LogP contribution in [0.1, 0.15) is 52.4 Å². The van der Waals surface area contributed by atoms with Gasteiger partial charge in [-0.15, -0.1) is 0 Å². The van der Waals surface area contributed by atoms with Crippen molar-refractivity contribution in [2.45, 2.75) is 64.5 Å². The third kappa shape index (κ3) is 3.97. The Morgan fingerprint density at radius 1 is 1.29 bits per heavy atom. The molecule has 0 spiro atoms. The molecule has 1 saturated heterocycles. The van der Waals surface area contributed by atoms with Gasteiger partial charge in [-0.3, -0.25) is 0 Å². The predicted molar refractivity (Wildman–Crippen MR) is 60.6 cm³/mol. The van der Waals surface area contributed by atoms with Gasteiger partial charge in [0.15, 0.2) is 0 Å². The highest BCUT2D eigenvalue weighted by Crippen LogP contribution is 2.18. The molecule has 1 rings (SSSR count). The minimum Gasteiger partial charge on any atom is -0.377 e. The Kier molecular flexibility index (Phi) is 6.20. The molecule has 0 saturated carbocycles. The van der Waals surface area contributed by atoms with E-state index in [9.17, 15) is 0 Å². The molecule has 0 aromatic rings. The third-order valence-corrected chi connectivity index (χ3v) is 2.92. The molecule has 0 aliphatic carbocycles. The molecular weight excluding hydrogens is 174 g/mol. The fourth-order valence-corrected chi connectivity index (χ4v) is 2.14. The van der Waals surface area contributed by atoms with Crippen molar-refractivity contribution in [1.29, 1.82) is 0 Å². The van der Waals surface area contributed by atoms with Crippen LogP contribution >= 0.6 is 0 Å². The van der Waals surface area contributed by atoms with Gasteiger partial charge in [-0.05, 0) is 38.6 Å². The molecule has 1 heterocycles. The zero-order valence-corrected chi connectivity index (χ0v) is 9.72. The van der Waals surface area contributed by atoms with Crippen molar-refractivity contribution < 1.29 is 4.74 Å². The fourth-order valence-electron chi connectivity index (χ4n) is 2.14. The Morgan fingerprint density at radius 3 is 2.71 bits per heavy atom. The molecule has 2 atom stereocenters. The fraction of sp³-hybridized carbons (Fsp3) is 1.00. The van der Waals surface area contributed by atoms with Crippen molar-refractivity contribution in [2.75, 3.05) is 13.2 Å². The first-order chi connectivity index (χ1) is 6.88. The summed E-state index contributed by atoms with van der Waals surface area (Å²) in [7, 11) is 0. The molecule has 0 aromatic heterocycles. The van der Waals surface area contributed by atoms with E-state index in [1.54, 1.807) is 0 Å². The predicted octanol–water partition coefficient (Wildman–Crippen LogP) is 2.72. The van der Waals surface area contributed by atoms with Gasteiger partial charge in [-0.25, -0.2) is 0 Å². The maximum absolute atomic E-state index is 5.83. The van der Waals surface area contributed by atoms with Crippen molar-refractivity contribution >= 4 is 0 Å². The summed E-state index contributed by atoms with van der Waals surface area (Å²) in [5.74, 6) is 0. The van der Waals surface area contributed by atoms with Crippen LogP contribution in [0.25, 0.3) is 0 Å². The molecule has 84 valence electrons. The zero-order chi connectivity index (χ0) is 10.2. The van der Waals surface area contributed by atoms with Gasteiger partial charge in [0.25, 0.3) is 0 Å². The molecular formula is C12H25NO. The van der Waals surface area contributed by atoms with E-state index in [1.807, 2.05) is 0 Å². The van der Waals surface area contributed by atoms with Gasteiger partial charge in [0.2, 0.25) is 0 Å². The summed E-state index contributed by atoms with van der Waals surface area (Å²) in [6, 6.07) is 0.597. The number of ether oxygens (including phenoxy) is 1. The van der Waals surface area contributed by atoms with Gasteiger partial charge in [-0.1, -0.05) is 20.3 Å². The summed E-state index contributed by atoms with van der Waals surface area (Å²) >= 11 is 0. The summed E-state index contributed by atoms with van der Waals surface area (Å²) < 4.78 is 5.83. The van der Waals surface area contributed by atoms with Crippen LogP contribution in [0.15, 0.2) is 0 Å². The van der Waals surface area contributed by atoms with E-state index in [0.29, 0.717) is 12.1 Å². The molecule has 1 aliphatic rings. The van der Waals surface area contributed by atoms with Gasteiger partial charge < -0.3 is 10.1 Å². The highest BCUT2D eigenvalue weighted by molar-refractivity contribution is 4.78. The number of nitrogens with one attached hydrogen (secondary N) is 1. The van der Waals surface area contributed by atoms with Crippen molar-refractivity contribution in [3.63, 3.8) is 0 Å². The lowest BCUT2D eigenvalue weighted by molar-refractivity contribution is -0.00935. The molecule has 1 N–H and O–H groups in total. The quantitative estimate of drug-likeness (QED) is 0.710. The Labute approximate surface area is 88.4 Å². The molecule has 0 amide bonds. The van der Waals surface area contributed by atoms with E-state index >= 15 is 0 Å². The van der Waals surface area contributed by atoms with Crippen molar-refractivity contribution in [3.05, 3.63) is 0 Å². The lowest BCUT2D eigenvalue weighted by Crippen LogP contribution is -2.43. The molecule has 1 fully saturated rings. The van der Waals surface area contributed by atoms with E-state index < -0.39 is 0 Å². The van der Waals surface area contributed by atoms with E-state index in [1.165, 1.54) is 38.5 Å². The Bertz CT molecular complexity index is 132. The van der Waals surface area contributed by atoms with Crippen LogP contribution in [0.5, 0.6) is 0 Å². The normalized spacial score (nSPS) is 24.9. The second kappa shape index (κ2) is 7.24. The average molecular weight is 199 g/mol. The summed E-state index contributed by atoms with van der Waals surface area (Å²) in [4.78, 5) is 0. The van der Waals surface area contributed by atoms with E-state index in [2.05, 4.69) is 19.2 Å². The molecule has 2 unspecified atom stereocenters. The van der Waals surface area contributed by atoms with Crippen LogP contribution in [0.3, 0.4) is 0 Å². The molecule has 0 radical (unpaired) electrons. The number of hydrogen-bond donors (Lipinski definition) is 1. The minimum atomic E-state index is 0.482. The molecule has 2 nitrogen and oxygen atoms in total. The van der Waals surface area contributed by atoms with Crippen LogP contribution in [0.4, 0.5) is 0 Å². The average Bonchev–Trinajstić information content (AvgIpc) is 2.25. The molecule has 0 aromatic carbocycles. The summed E-state index contributed by atoms with van der Waals surface area (Å²) in [6.07, 6.45) is 8.05. The summed E-state index contributed by atoms with van der Waals surface area (Å²) in [5.41, 5.74) is 0. The lowest BCUT2D eigenvalue weighted by atomic mass is 9.98. The number of hydrogen-bond acceptors (Lipinski definition) is 2. The van der Waals surface area contributed by atoms with Crippen LogP contribution in [-0.4, -0.2) is 25.3 Å². The van der Waals surface area contributed by atoms with Crippen molar-refractivity contribution in [1.82, 2.24) is 5.32 Å². The van der Waals surface area contributed by atoms with Crippen LogP contribution in [0, 0.1) is 0 Å². The van der Waals surface area contributed by atoms with E-state index in [0.717, 1.165) is 13.2 Å². The Morgan fingerprint density at radius 2 is 2.14 bits per heavy atom. The number of rotatable bonds is 6. The maximum atomic E-state index is 5.83. The van der Waals surface area contributed by atoms with Crippen molar-refractivity contribution in [2.24, 2.45) is 0 Å². The van der Waals surface area contributed by atoms with E-state index in [4.69, 9.17) is 4.74 Å². The summed E-state index contributed by atoms with van der Waals surface area (Å²) in [5, 5.41) is 3.62. The smallest absolute Gasteiger partial charge is 0.0728 e. The second-order valence-electron chi connectivity index (χ2n) is 4.25. The summed E-state index contributed by atoms with van der Waals surface area (Å²) in [6.45, 7) is 6.57. The largest absolute Gasteiger partial charge is 0.377 e. The highest BCUT2D eigenvalue weighted by atomic mass is 16.5.